The molecule has 0 aliphatic carbocycles. The summed E-state index contributed by atoms with van der Waals surface area (Å²) in [7, 11) is -3.89. The molecular weight excluding hydrogens is 336 g/mol. The topological polar surface area (TPSA) is 127 Å². The zero-order valence-corrected chi connectivity index (χ0v) is 14.3. The quantitative estimate of drug-likeness (QED) is 0.522. The third kappa shape index (κ3) is 4.11. The van der Waals surface area contributed by atoms with Crippen molar-refractivity contribution in [3.05, 3.63) is 29.8 Å². The summed E-state index contributed by atoms with van der Waals surface area (Å²) in [6.07, 6.45) is -1.59. The predicted molar refractivity (Wildman–Crippen MR) is 85.6 cm³/mol. The highest BCUT2D eigenvalue weighted by atomic mass is 32.2. The van der Waals surface area contributed by atoms with Crippen LogP contribution in [0.5, 0.6) is 0 Å². The lowest BCUT2D eigenvalue weighted by Crippen LogP contribution is -2.41. The van der Waals surface area contributed by atoms with Gasteiger partial charge in [0.25, 0.3) is 0 Å². The van der Waals surface area contributed by atoms with Crippen molar-refractivity contribution in [3.8, 4) is 0 Å². The van der Waals surface area contributed by atoms with Gasteiger partial charge in [-0.3, -0.25) is 9.69 Å². The Labute approximate surface area is 140 Å². The molecule has 9 heteroatoms. The van der Waals surface area contributed by atoms with Gasteiger partial charge in [-0.1, -0.05) is 12.1 Å². The molecule has 1 aromatic rings. The first kappa shape index (κ1) is 18.8. The summed E-state index contributed by atoms with van der Waals surface area (Å²) in [6, 6.07) is 4.06. The molecule has 4 N–H and O–H groups in total. The number of hydrogen-bond donors (Lipinski definition) is 4. The van der Waals surface area contributed by atoms with Crippen LogP contribution in [0.25, 0.3) is 0 Å². The first-order valence-electron chi connectivity index (χ1n) is 7.59. The number of carbonyl (C=O) groups is 1. The molecule has 2 rings (SSSR count). The number of sulfonamides is 1. The van der Waals surface area contributed by atoms with Gasteiger partial charge in [0.2, 0.25) is 10.0 Å². The Balaban J connectivity index is 2.18. The maximum Gasteiger partial charge on any atom is 0.320 e. The van der Waals surface area contributed by atoms with Gasteiger partial charge in [-0.2, -0.15) is 0 Å². The van der Waals surface area contributed by atoms with Crippen LogP contribution in [0.3, 0.4) is 0 Å². The van der Waals surface area contributed by atoms with E-state index in [-0.39, 0.29) is 22.9 Å². The molecule has 0 spiro atoms. The maximum absolute atomic E-state index is 12.5. The largest absolute Gasteiger partial charge is 0.480 e. The van der Waals surface area contributed by atoms with Crippen LogP contribution in [0.1, 0.15) is 32.1 Å². The summed E-state index contributed by atoms with van der Waals surface area (Å²) in [5.41, 5.74) is 0.0662. The first-order valence-corrected chi connectivity index (χ1v) is 9.07. The second-order valence-corrected chi connectivity index (χ2v) is 7.86. The van der Waals surface area contributed by atoms with Gasteiger partial charge in [-0.05, 0) is 32.4 Å². The number of hydrogen-bond acceptors (Lipinski definition) is 6. The van der Waals surface area contributed by atoms with Gasteiger partial charge in [0, 0.05) is 24.2 Å². The fourth-order valence-electron chi connectivity index (χ4n) is 2.89. The number of benzene rings is 1. The molecule has 1 fully saturated rings. The lowest BCUT2D eigenvalue weighted by atomic mass is 10.2. The Morgan fingerprint density at radius 1 is 1.33 bits per heavy atom. The van der Waals surface area contributed by atoms with Gasteiger partial charge in [0.1, 0.15) is 6.04 Å². The lowest BCUT2D eigenvalue weighted by Gasteiger charge is -2.25. The number of nitrogens with zero attached hydrogens (tertiary/aromatic N) is 1. The molecular formula is C15H22N2O6S. The molecule has 0 radical (unpaired) electrons. The second kappa shape index (κ2) is 7.16. The van der Waals surface area contributed by atoms with Crippen LogP contribution in [0.15, 0.2) is 29.2 Å². The highest BCUT2D eigenvalue weighted by Gasteiger charge is 2.39. The van der Waals surface area contributed by atoms with E-state index in [0.717, 1.165) is 0 Å². The smallest absolute Gasteiger partial charge is 0.320 e. The molecule has 1 aliphatic rings. The molecule has 0 amide bonds. The van der Waals surface area contributed by atoms with Gasteiger partial charge in [0.15, 0.2) is 6.29 Å². The fourth-order valence-corrected chi connectivity index (χ4v) is 4.18. The molecule has 0 unspecified atom stereocenters. The molecule has 1 saturated heterocycles. The molecule has 24 heavy (non-hydrogen) atoms. The third-order valence-electron chi connectivity index (χ3n) is 4.08. The van der Waals surface area contributed by atoms with Crippen LogP contribution in [-0.2, 0) is 14.8 Å². The van der Waals surface area contributed by atoms with E-state index >= 15 is 0 Å². The molecule has 1 aromatic carbocycles. The molecule has 0 bridgehead atoms. The van der Waals surface area contributed by atoms with E-state index in [9.17, 15) is 18.3 Å². The number of rotatable bonds is 6. The minimum absolute atomic E-state index is 0.0199. The normalized spacial score (nSPS) is 22.4. The van der Waals surface area contributed by atoms with Crippen LogP contribution in [0.4, 0.5) is 0 Å². The Morgan fingerprint density at radius 2 is 2.00 bits per heavy atom. The van der Waals surface area contributed by atoms with Crippen molar-refractivity contribution in [2.75, 3.05) is 6.54 Å². The lowest BCUT2D eigenvalue weighted by molar-refractivity contribution is -0.142. The second-order valence-electron chi connectivity index (χ2n) is 6.14. The molecule has 0 saturated carbocycles. The molecule has 0 aromatic heterocycles. The summed E-state index contributed by atoms with van der Waals surface area (Å²) in [5.74, 6) is -0.976. The zero-order valence-electron chi connectivity index (χ0n) is 13.5. The minimum Gasteiger partial charge on any atom is -0.480 e. The van der Waals surface area contributed by atoms with Gasteiger partial charge in [-0.25, -0.2) is 13.1 Å². The number of aliphatic hydroxyl groups is 2. The van der Waals surface area contributed by atoms with Gasteiger partial charge >= 0.3 is 5.97 Å². The van der Waals surface area contributed by atoms with E-state index in [4.69, 9.17) is 10.2 Å². The summed E-state index contributed by atoms with van der Waals surface area (Å²) in [6.45, 7) is 4.02. The van der Waals surface area contributed by atoms with Crippen LogP contribution in [0.2, 0.25) is 0 Å². The minimum atomic E-state index is -3.89. The average molecular weight is 358 g/mol. The highest BCUT2D eigenvalue weighted by Crippen LogP contribution is 2.23. The Kier molecular flexibility index (Phi) is 5.61. The average Bonchev–Trinajstić information content (AvgIpc) is 2.91. The first-order chi connectivity index (χ1) is 11.1. The SMILES string of the molecule is CC(C)N1C[C@H](NS(=O)(=O)c2cccc(C(O)O)c2)C[C@H]1C(=O)O. The van der Waals surface area contributed by atoms with Crippen molar-refractivity contribution in [1.29, 1.82) is 0 Å². The third-order valence-corrected chi connectivity index (χ3v) is 5.59. The van der Waals surface area contributed by atoms with Crippen molar-refractivity contribution in [3.63, 3.8) is 0 Å². The van der Waals surface area contributed by atoms with E-state index in [2.05, 4.69) is 4.72 Å². The molecule has 134 valence electrons. The van der Waals surface area contributed by atoms with E-state index in [0.29, 0.717) is 6.54 Å². The van der Waals surface area contributed by atoms with Crippen molar-refractivity contribution >= 4 is 16.0 Å². The van der Waals surface area contributed by atoms with Crippen LogP contribution in [0, 0.1) is 0 Å². The standard InChI is InChI=1S/C15H22N2O6S/c1-9(2)17-8-11(7-13(17)15(20)21)16-24(22,23)12-5-3-4-10(6-12)14(18)19/h3-6,9,11,13-14,16,18-19H,7-8H2,1-2H3,(H,20,21)/t11-,13+/m1/s1. The number of likely N-dealkylation sites (tertiary alicyclic amines) is 1. The Bertz CT molecular complexity index is 704. The maximum atomic E-state index is 12.5. The summed E-state index contributed by atoms with van der Waals surface area (Å²) in [5, 5.41) is 27.6. The predicted octanol–water partition coefficient (Wildman–Crippen LogP) is -0.116. The zero-order chi connectivity index (χ0) is 18.1. The highest BCUT2D eigenvalue weighted by molar-refractivity contribution is 7.89. The van der Waals surface area contributed by atoms with Crippen LogP contribution < -0.4 is 4.72 Å². The fraction of sp³-hybridized carbons (Fsp3) is 0.533. The van der Waals surface area contributed by atoms with Crippen molar-refractivity contribution in [2.24, 2.45) is 0 Å². The monoisotopic (exact) mass is 358 g/mol. The van der Waals surface area contributed by atoms with E-state index < -0.39 is 34.4 Å². The molecule has 1 heterocycles. The molecule has 2 atom stereocenters. The van der Waals surface area contributed by atoms with Gasteiger partial charge in [0.05, 0.1) is 4.90 Å². The van der Waals surface area contributed by atoms with Crippen molar-refractivity contribution in [1.82, 2.24) is 9.62 Å². The summed E-state index contributed by atoms with van der Waals surface area (Å²) in [4.78, 5) is 13.0. The molecule has 1 aliphatic heterocycles. The van der Waals surface area contributed by atoms with Gasteiger partial charge in [-0.15, -0.1) is 0 Å². The van der Waals surface area contributed by atoms with Crippen molar-refractivity contribution in [2.45, 2.75) is 49.6 Å². The Hall–Kier alpha value is -1.52. The number of nitrogens with one attached hydrogen (secondary N) is 1. The van der Waals surface area contributed by atoms with Crippen molar-refractivity contribution < 1.29 is 28.5 Å². The summed E-state index contributed by atoms with van der Waals surface area (Å²) >= 11 is 0. The van der Waals surface area contributed by atoms with E-state index in [1.54, 1.807) is 4.90 Å². The van der Waals surface area contributed by atoms with E-state index in [1.165, 1.54) is 24.3 Å². The van der Waals surface area contributed by atoms with E-state index in [1.807, 2.05) is 13.8 Å². The Morgan fingerprint density at radius 3 is 2.50 bits per heavy atom. The van der Waals surface area contributed by atoms with Crippen LogP contribution in [-0.4, -0.2) is 59.3 Å². The molecule has 8 nitrogen and oxygen atoms in total. The summed E-state index contributed by atoms with van der Waals surface area (Å²) < 4.78 is 27.5. The number of aliphatic carboxylic acids is 1. The van der Waals surface area contributed by atoms with Gasteiger partial charge < -0.3 is 15.3 Å². The number of carboxylic acids is 1. The number of carboxylic acid groups (broad SMARTS) is 1. The van der Waals surface area contributed by atoms with Crippen LogP contribution >= 0.6 is 0 Å². The number of aliphatic hydroxyl groups excluding tert-OH is 1.